The van der Waals surface area contributed by atoms with Crippen molar-refractivity contribution >= 4 is 33.2 Å². The number of halogens is 1. The van der Waals surface area contributed by atoms with Crippen molar-refractivity contribution in [2.45, 2.75) is 6.92 Å². The van der Waals surface area contributed by atoms with E-state index in [2.05, 4.69) is 26.6 Å². The van der Waals surface area contributed by atoms with Crippen LogP contribution in [-0.4, -0.2) is 12.5 Å². The van der Waals surface area contributed by atoms with Crippen molar-refractivity contribution in [3.63, 3.8) is 0 Å². The van der Waals surface area contributed by atoms with Gasteiger partial charge in [-0.1, -0.05) is 40.2 Å². The molecular weight excluding hydrogens is 304 g/mol. The van der Waals surface area contributed by atoms with Crippen LogP contribution < -0.4 is 10.6 Å². The second-order valence-electron chi connectivity index (χ2n) is 4.23. The number of para-hydroxylation sites is 1. The number of anilines is 2. The fraction of sp³-hybridized carbons (Fsp3) is 0.133. The Morgan fingerprint density at radius 1 is 1.16 bits per heavy atom. The number of carbonyl (C=O) groups excluding carboxylic acids is 1. The van der Waals surface area contributed by atoms with E-state index in [4.69, 9.17) is 0 Å². The number of hydrogen-bond donors (Lipinski definition) is 2. The van der Waals surface area contributed by atoms with Crippen LogP contribution in [0.5, 0.6) is 0 Å². The lowest BCUT2D eigenvalue weighted by Gasteiger charge is -2.09. The molecule has 0 aliphatic carbocycles. The Hall–Kier alpha value is -1.81. The summed E-state index contributed by atoms with van der Waals surface area (Å²) in [6.07, 6.45) is 0. The summed E-state index contributed by atoms with van der Waals surface area (Å²) in [5.41, 5.74) is 2.82. The van der Waals surface area contributed by atoms with Gasteiger partial charge in [-0.15, -0.1) is 0 Å². The predicted octanol–water partition coefficient (Wildman–Crippen LogP) is 3.81. The zero-order chi connectivity index (χ0) is 13.7. The lowest BCUT2D eigenvalue weighted by molar-refractivity contribution is -0.114. The van der Waals surface area contributed by atoms with Crippen LogP contribution >= 0.6 is 15.9 Å². The normalized spacial score (nSPS) is 10.0. The lowest BCUT2D eigenvalue weighted by atomic mass is 10.2. The molecule has 0 radical (unpaired) electrons. The Morgan fingerprint density at radius 3 is 2.68 bits per heavy atom. The van der Waals surface area contributed by atoms with Gasteiger partial charge >= 0.3 is 0 Å². The maximum Gasteiger partial charge on any atom is 0.243 e. The lowest BCUT2D eigenvalue weighted by Crippen LogP contribution is -2.22. The fourth-order valence-electron chi connectivity index (χ4n) is 1.69. The molecule has 1 amide bonds. The fourth-order valence-corrected chi connectivity index (χ4v) is 2.09. The first-order valence-electron chi connectivity index (χ1n) is 6.00. The van der Waals surface area contributed by atoms with Crippen molar-refractivity contribution in [1.29, 1.82) is 0 Å². The molecule has 0 aliphatic heterocycles. The second-order valence-corrected chi connectivity index (χ2v) is 5.14. The SMILES string of the molecule is Cc1ccccc1NC(=O)CNc1cccc(Br)c1. The van der Waals surface area contributed by atoms with Gasteiger partial charge in [0.15, 0.2) is 0 Å². The van der Waals surface area contributed by atoms with Crippen LogP contribution in [0.4, 0.5) is 11.4 Å². The summed E-state index contributed by atoms with van der Waals surface area (Å²) in [5, 5.41) is 5.96. The average molecular weight is 319 g/mol. The number of carbonyl (C=O) groups is 1. The number of benzene rings is 2. The van der Waals surface area contributed by atoms with Crippen LogP contribution in [0.3, 0.4) is 0 Å². The molecule has 0 unspecified atom stereocenters. The molecule has 2 aromatic carbocycles. The molecule has 0 saturated carbocycles. The predicted molar refractivity (Wildman–Crippen MR) is 82.4 cm³/mol. The van der Waals surface area contributed by atoms with Crippen LogP contribution in [-0.2, 0) is 4.79 Å². The van der Waals surface area contributed by atoms with Gasteiger partial charge in [-0.2, -0.15) is 0 Å². The molecule has 0 atom stereocenters. The molecule has 2 aromatic rings. The molecule has 2 N–H and O–H groups in total. The number of aryl methyl sites for hydroxylation is 1. The first-order chi connectivity index (χ1) is 9.15. The van der Waals surface area contributed by atoms with Crippen LogP contribution in [0, 0.1) is 6.92 Å². The zero-order valence-corrected chi connectivity index (χ0v) is 12.2. The molecule has 0 aliphatic rings. The molecule has 4 heteroatoms. The van der Waals surface area contributed by atoms with Gasteiger partial charge in [-0.25, -0.2) is 0 Å². The minimum Gasteiger partial charge on any atom is -0.376 e. The van der Waals surface area contributed by atoms with Crippen LogP contribution in [0.2, 0.25) is 0 Å². The van der Waals surface area contributed by atoms with Gasteiger partial charge in [-0.05, 0) is 36.8 Å². The monoisotopic (exact) mass is 318 g/mol. The van der Waals surface area contributed by atoms with Gasteiger partial charge in [0, 0.05) is 15.8 Å². The summed E-state index contributed by atoms with van der Waals surface area (Å²) in [5.74, 6) is -0.0609. The van der Waals surface area contributed by atoms with Crippen LogP contribution in [0.1, 0.15) is 5.56 Å². The van der Waals surface area contributed by atoms with E-state index < -0.39 is 0 Å². The third kappa shape index (κ3) is 4.10. The topological polar surface area (TPSA) is 41.1 Å². The molecular formula is C15H15BrN2O. The first-order valence-corrected chi connectivity index (χ1v) is 6.79. The maximum atomic E-state index is 11.8. The van der Waals surface area contributed by atoms with E-state index in [1.165, 1.54) is 0 Å². The number of hydrogen-bond acceptors (Lipinski definition) is 2. The average Bonchev–Trinajstić information content (AvgIpc) is 2.39. The standard InChI is InChI=1S/C15H15BrN2O/c1-11-5-2-3-8-14(11)18-15(19)10-17-13-7-4-6-12(16)9-13/h2-9,17H,10H2,1H3,(H,18,19). The first kappa shape index (κ1) is 13.6. The van der Waals surface area contributed by atoms with E-state index in [0.29, 0.717) is 0 Å². The van der Waals surface area contributed by atoms with Crippen molar-refractivity contribution < 1.29 is 4.79 Å². The minimum absolute atomic E-state index is 0.0609. The van der Waals surface area contributed by atoms with Gasteiger partial charge in [0.25, 0.3) is 0 Å². The van der Waals surface area contributed by atoms with Crippen LogP contribution in [0.25, 0.3) is 0 Å². The van der Waals surface area contributed by atoms with Crippen molar-refractivity contribution in [1.82, 2.24) is 0 Å². The Balaban J connectivity index is 1.90. The van der Waals surface area contributed by atoms with E-state index in [-0.39, 0.29) is 12.5 Å². The molecule has 0 fully saturated rings. The van der Waals surface area contributed by atoms with Gasteiger partial charge < -0.3 is 10.6 Å². The Kier molecular flexibility index (Phi) is 4.58. The summed E-state index contributed by atoms with van der Waals surface area (Å²) < 4.78 is 0.983. The van der Waals surface area contributed by atoms with Crippen molar-refractivity contribution in [3.8, 4) is 0 Å². The molecule has 98 valence electrons. The third-order valence-corrected chi connectivity index (χ3v) is 3.19. The molecule has 19 heavy (non-hydrogen) atoms. The summed E-state index contributed by atoms with van der Waals surface area (Å²) in [7, 11) is 0. The number of amides is 1. The summed E-state index contributed by atoms with van der Waals surface area (Å²) >= 11 is 3.39. The zero-order valence-electron chi connectivity index (χ0n) is 10.6. The Morgan fingerprint density at radius 2 is 1.95 bits per heavy atom. The smallest absolute Gasteiger partial charge is 0.243 e. The Bertz CT molecular complexity index is 584. The number of rotatable bonds is 4. The van der Waals surface area contributed by atoms with Crippen LogP contribution in [0.15, 0.2) is 53.0 Å². The van der Waals surface area contributed by atoms with E-state index in [1.807, 2.05) is 55.5 Å². The molecule has 0 aromatic heterocycles. The van der Waals surface area contributed by atoms with Gasteiger partial charge in [0.05, 0.1) is 6.54 Å². The second kappa shape index (κ2) is 6.38. The minimum atomic E-state index is -0.0609. The van der Waals surface area contributed by atoms with E-state index in [1.54, 1.807) is 0 Å². The van der Waals surface area contributed by atoms with Crippen molar-refractivity contribution in [2.24, 2.45) is 0 Å². The number of nitrogens with one attached hydrogen (secondary N) is 2. The summed E-state index contributed by atoms with van der Waals surface area (Å²) in [6.45, 7) is 2.21. The molecule has 0 saturated heterocycles. The largest absolute Gasteiger partial charge is 0.376 e. The van der Waals surface area contributed by atoms with Gasteiger partial charge in [0.2, 0.25) is 5.91 Å². The molecule has 2 rings (SSSR count). The third-order valence-electron chi connectivity index (χ3n) is 2.70. The maximum absolute atomic E-state index is 11.8. The quantitative estimate of drug-likeness (QED) is 0.900. The van der Waals surface area contributed by atoms with Gasteiger partial charge in [0.1, 0.15) is 0 Å². The van der Waals surface area contributed by atoms with Crippen molar-refractivity contribution in [3.05, 3.63) is 58.6 Å². The summed E-state index contributed by atoms with van der Waals surface area (Å²) in [6, 6.07) is 15.4. The Labute approximate surface area is 121 Å². The van der Waals surface area contributed by atoms with E-state index >= 15 is 0 Å². The molecule has 0 heterocycles. The van der Waals surface area contributed by atoms with E-state index in [9.17, 15) is 4.79 Å². The molecule has 0 bridgehead atoms. The highest BCUT2D eigenvalue weighted by Crippen LogP contribution is 2.16. The molecule has 3 nitrogen and oxygen atoms in total. The van der Waals surface area contributed by atoms with E-state index in [0.717, 1.165) is 21.4 Å². The highest BCUT2D eigenvalue weighted by Gasteiger charge is 2.04. The molecule has 0 spiro atoms. The highest BCUT2D eigenvalue weighted by atomic mass is 79.9. The highest BCUT2D eigenvalue weighted by molar-refractivity contribution is 9.10. The summed E-state index contributed by atoms with van der Waals surface area (Å²) in [4.78, 5) is 11.8. The van der Waals surface area contributed by atoms with Gasteiger partial charge in [-0.3, -0.25) is 4.79 Å². The van der Waals surface area contributed by atoms with Crippen molar-refractivity contribution in [2.75, 3.05) is 17.2 Å².